The van der Waals surface area contributed by atoms with Crippen LogP contribution in [-0.4, -0.2) is 63.2 Å². The van der Waals surface area contributed by atoms with Crippen LogP contribution in [0.15, 0.2) is 85.6 Å². The van der Waals surface area contributed by atoms with Crippen molar-refractivity contribution < 1.29 is 26.9 Å². The number of hydrogen-bond acceptors (Lipinski definition) is 6. The van der Waals surface area contributed by atoms with Gasteiger partial charge in [0.15, 0.2) is 0 Å². The second-order valence-electron chi connectivity index (χ2n) is 10.8. The molecule has 42 heavy (non-hydrogen) atoms. The Kier molecular flexibility index (Phi) is 23.8. The molecule has 0 heterocycles. The van der Waals surface area contributed by atoms with Crippen LogP contribution in [0, 0.1) is 5.92 Å². The molecule has 0 aliphatic carbocycles. The maximum Gasteiger partial charge on any atom is 0.410 e. The molecule has 8 heteroatoms. The van der Waals surface area contributed by atoms with Crippen molar-refractivity contribution in [3.8, 4) is 0 Å². The first-order chi connectivity index (χ1) is 19.4. The number of allylic oxidation sites excluding steroid dienone is 8. The van der Waals surface area contributed by atoms with Crippen LogP contribution in [0.25, 0.3) is 0 Å². The van der Waals surface area contributed by atoms with Crippen molar-refractivity contribution in [2.24, 2.45) is 5.92 Å². The van der Waals surface area contributed by atoms with Gasteiger partial charge in [0.1, 0.15) is 5.60 Å². The number of nitrogens with zero attached hydrogens (tertiary/aromatic N) is 1. The molecule has 2 atom stereocenters. The number of amides is 1. The normalized spacial score (nSPS) is 14.6. The van der Waals surface area contributed by atoms with Gasteiger partial charge in [-0.25, -0.2) is 4.79 Å². The van der Waals surface area contributed by atoms with E-state index >= 15 is 0 Å². The molecular formula is C34H59NO6S. The molecule has 0 aliphatic heterocycles. The standard InChI is InChI=1S/C30H49NO6S.C2H6.C2H4/c1-12-15-26(16-14-22-31(10)28(32)36-29(5,6)7)19-17-24(3)18-20-27(13-2)25(4)35-23-21-30(8,9)37-38(11,33)34;2*1-2/h12-20,24-25H,1,21-23H2,2-11H3;1-2H3;1-2H2/b16-14-,19-17+,20-18-,26-15+,27-13+;;. The molecule has 1 amide bonds. The summed E-state index contributed by atoms with van der Waals surface area (Å²) in [5.74, 6) is 0.158. The molecule has 0 saturated carbocycles. The highest BCUT2D eigenvalue weighted by atomic mass is 32.2. The zero-order valence-corrected chi connectivity index (χ0v) is 29.2. The van der Waals surface area contributed by atoms with Gasteiger partial charge >= 0.3 is 6.09 Å². The number of rotatable bonds is 15. The van der Waals surface area contributed by atoms with Gasteiger partial charge in [-0.3, -0.25) is 4.18 Å². The van der Waals surface area contributed by atoms with Gasteiger partial charge in [-0.2, -0.15) is 8.42 Å². The van der Waals surface area contributed by atoms with E-state index in [1.54, 1.807) is 27.0 Å². The highest BCUT2D eigenvalue weighted by Crippen LogP contribution is 2.19. The van der Waals surface area contributed by atoms with E-state index in [0.29, 0.717) is 19.6 Å². The van der Waals surface area contributed by atoms with Gasteiger partial charge < -0.3 is 14.4 Å². The largest absolute Gasteiger partial charge is 0.444 e. The van der Waals surface area contributed by atoms with Crippen molar-refractivity contribution in [1.82, 2.24) is 4.90 Å². The van der Waals surface area contributed by atoms with Crippen LogP contribution in [0.5, 0.6) is 0 Å². The second kappa shape index (κ2) is 22.9. The summed E-state index contributed by atoms with van der Waals surface area (Å²) in [7, 11) is -1.82. The maximum atomic E-state index is 12.1. The summed E-state index contributed by atoms with van der Waals surface area (Å²) in [5, 5.41) is 0. The van der Waals surface area contributed by atoms with Crippen molar-refractivity contribution in [1.29, 1.82) is 0 Å². The fourth-order valence-electron chi connectivity index (χ4n) is 3.15. The molecular weight excluding hydrogens is 550 g/mol. The number of hydrogen-bond donors (Lipinski definition) is 0. The zero-order chi connectivity index (χ0) is 33.6. The Morgan fingerprint density at radius 1 is 1.00 bits per heavy atom. The second-order valence-corrected chi connectivity index (χ2v) is 12.4. The first-order valence-corrected chi connectivity index (χ1v) is 16.2. The van der Waals surface area contributed by atoms with E-state index in [2.05, 4.69) is 38.8 Å². The van der Waals surface area contributed by atoms with E-state index in [0.717, 1.165) is 17.4 Å². The van der Waals surface area contributed by atoms with E-state index in [4.69, 9.17) is 13.7 Å². The highest BCUT2D eigenvalue weighted by Gasteiger charge is 2.24. The molecule has 0 rings (SSSR count). The summed E-state index contributed by atoms with van der Waals surface area (Å²) in [6.45, 7) is 29.6. The lowest BCUT2D eigenvalue weighted by molar-refractivity contribution is 0.0314. The van der Waals surface area contributed by atoms with Gasteiger partial charge in [-0.05, 0) is 65.5 Å². The Morgan fingerprint density at radius 3 is 2.02 bits per heavy atom. The van der Waals surface area contributed by atoms with E-state index in [-0.39, 0.29) is 18.1 Å². The van der Waals surface area contributed by atoms with E-state index < -0.39 is 21.3 Å². The maximum absolute atomic E-state index is 12.1. The molecule has 242 valence electrons. The van der Waals surface area contributed by atoms with E-state index in [1.807, 2.05) is 84.9 Å². The fraction of sp³-hybridized carbons (Fsp3) is 0.559. The van der Waals surface area contributed by atoms with Crippen molar-refractivity contribution >= 4 is 16.2 Å². The smallest absolute Gasteiger partial charge is 0.410 e. The molecule has 0 aromatic rings. The minimum absolute atomic E-state index is 0.150. The third-order valence-corrected chi connectivity index (χ3v) is 5.90. The molecule has 0 spiro atoms. The van der Waals surface area contributed by atoms with Gasteiger partial charge in [0.2, 0.25) is 0 Å². The lowest BCUT2D eigenvalue weighted by Crippen LogP contribution is -2.34. The van der Waals surface area contributed by atoms with Crippen LogP contribution in [0.3, 0.4) is 0 Å². The minimum Gasteiger partial charge on any atom is -0.444 e. The van der Waals surface area contributed by atoms with Crippen molar-refractivity contribution in [3.63, 3.8) is 0 Å². The lowest BCUT2D eigenvalue weighted by Gasteiger charge is -2.24. The molecule has 0 fully saturated rings. The number of carbonyl (C=O) groups is 1. The van der Waals surface area contributed by atoms with Crippen molar-refractivity contribution in [3.05, 3.63) is 85.6 Å². The summed E-state index contributed by atoms with van der Waals surface area (Å²) in [5.41, 5.74) is 0.631. The third kappa shape index (κ3) is 25.1. The summed E-state index contributed by atoms with van der Waals surface area (Å²) in [4.78, 5) is 13.6. The van der Waals surface area contributed by atoms with Crippen molar-refractivity contribution in [2.75, 3.05) is 26.5 Å². The van der Waals surface area contributed by atoms with Crippen LogP contribution >= 0.6 is 0 Å². The van der Waals surface area contributed by atoms with E-state index in [9.17, 15) is 13.2 Å². The van der Waals surface area contributed by atoms with Gasteiger partial charge in [0.05, 0.1) is 24.6 Å². The molecule has 0 N–H and O–H groups in total. The summed E-state index contributed by atoms with van der Waals surface area (Å²) >= 11 is 0. The predicted molar refractivity (Wildman–Crippen MR) is 180 cm³/mol. The minimum atomic E-state index is -3.52. The Labute approximate surface area is 258 Å². The summed E-state index contributed by atoms with van der Waals surface area (Å²) in [6.07, 6.45) is 18.7. The zero-order valence-electron chi connectivity index (χ0n) is 28.4. The van der Waals surface area contributed by atoms with Crippen LogP contribution in [0.1, 0.15) is 75.7 Å². The molecule has 2 unspecified atom stereocenters. The molecule has 0 aliphatic rings. The third-order valence-electron chi connectivity index (χ3n) is 5.14. The van der Waals surface area contributed by atoms with Gasteiger partial charge in [0, 0.05) is 20.0 Å². The molecule has 0 radical (unpaired) electrons. The highest BCUT2D eigenvalue weighted by molar-refractivity contribution is 7.86. The Hall–Kier alpha value is -2.68. The monoisotopic (exact) mass is 609 g/mol. The topological polar surface area (TPSA) is 82.1 Å². The Balaban J connectivity index is -0.00000363. The molecule has 0 aromatic heterocycles. The Bertz CT molecular complexity index is 1030. The van der Waals surface area contributed by atoms with Crippen LogP contribution in [-0.2, 0) is 23.8 Å². The quantitative estimate of drug-likeness (QED) is 0.105. The van der Waals surface area contributed by atoms with Crippen molar-refractivity contribution in [2.45, 2.75) is 93.0 Å². The van der Waals surface area contributed by atoms with Gasteiger partial charge in [-0.15, -0.1) is 13.2 Å². The predicted octanol–water partition coefficient (Wildman–Crippen LogP) is 8.60. The molecule has 0 bridgehead atoms. The fourth-order valence-corrected chi connectivity index (χ4v) is 4.05. The molecule has 0 aromatic carbocycles. The molecule has 7 nitrogen and oxygen atoms in total. The number of likely N-dealkylation sites (N-methyl/N-ethyl adjacent to an activating group) is 1. The van der Waals surface area contributed by atoms with Crippen LogP contribution < -0.4 is 0 Å². The lowest BCUT2D eigenvalue weighted by atomic mass is 10.0. The Morgan fingerprint density at radius 2 is 1.55 bits per heavy atom. The average molecular weight is 610 g/mol. The number of ether oxygens (including phenoxy) is 2. The first-order valence-electron chi connectivity index (χ1n) is 14.4. The average Bonchev–Trinajstić information content (AvgIpc) is 2.87. The SMILES string of the molecule is C=C.C=C/C=C(\C=C/CN(C)C(=O)OC(C)(C)C)/C=C/C(C)/C=C\C(=C/C)C(C)OCCC(C)(C)OS(C)(=O)=O.CC. The van der Waals surface area contributed by atoms with Crippen LogP contribution in [0.4, 0.5) is 4.79 Å². The van der Waals surface area contributed by atoms with Crippen LogP contribution in [0.2, 0.25) is 0 Å². The first kappa shape index (κ1) is 43.8. The molecule has 0 saturated heterocycles. The summed E-state index contributed by atoms with van der Waals surface area (Å²) in [6, 6.07) is 0. The number of carbonyl (C=O) groups excluding carboxylic acids is 1. The summed E-state index contributed by atoms with van der Waals surface area (Å²) < 4.78 is 39.2. The van der Waals surface area contributed by atoms with E-state index in [1.165, 1.54) is 4.90 Å². The van der Waals surface area contributed by atoms with Gasteiger partial charge in [-0.1, -0.05) is 82.0 Å². The van der Waals surface area contributed by atoms with Gasteiger partial charge in [0.25, 0.3) is 10.1 Å².